The summed E-state index contributed by atoms with van der Waals surface area (Å²) in [6.07, 6.45) is 7.61. The van der Waals surface area contributed by atoms with Crippen molar-refractivity contribution >= 4 is 33.2 Å². The summed E-state index contributed by atoms with van der Waals surface area (Å²) in [6, 6.07) is 7.24. The second kappa shape index (κ2) is 10.7. The van der Waals surface area contributed by atoms with Crippen molar-refractivity contribution in [2.45, 2.75) is 44.9 Å². The van der Waals surface area contributed by atoms with Crippen LogP contribution in [-0.4, -0.2) is 52.2 Å². The van der Waals surface area contributed by atoms with Gasteiger partial charge in [-0.1, -0.05) is 12.8 Å². The highest BCUT2D eigenvalue weighted by Crippen LogP contribution is 2.24. The molecule has 3 N–H and O–H groups in total. The molecule has 1 aliphatic heterocycles. The monoisotopic (exact) mass is 436 g/mol. The third-order valence-electron chi connectivity index (χ3n) is 5.66. The molecule has 2 aliphatic rings. The number of hydrogen-bond donors (Lipinski definition) is 3. The van der Waals surface area contributed by atoms with Crippen molar-refractivity contribution < 1.29 is 18.0 Å². The molecule has 9 heteroatoms. The molecule has 2 fully saturated rings. The van der Waals surface area contributed by atoms with Crippen LogP contribution in [-0.2, 0) is 19.6 Å². The van der Waals surface area contributed by atoms with Crippen LogP contribution in [0, 0.1) is 5.92 Å². The average molecular weight is 437 g/mol. The van der Waals surface area contributed by atoms with Crippen molar-refractivity contribution in [1.29, 1.82) is 0 Å². The first kappa shape index (κ1) is 22.4. The van der Waals surface area contributed by atoms with E-state index in [9.17, 15) is 18.0 Å². The highest BCUT2D eigenvalue weighted by molar-refractivity contribution is 7.93. The number of hydrogen-bond acceptors (Lipinski definition) is 5. The van der Waals surface area contributed by atoms with Crippen molar-refractivity contribution in [3.8, 4) is 0 Å². The Balaban J connectivity index is 1.38. The van der Waals surface area contributed by atoms with E-state index in [0.29, 0.717) is 12.2 Å². The highest BCUT2D eigenvalue weighted by atomic mass is 32.2. The summed E-state index contributed by atoms with van der Waals surface area (Å²) in [5, 5.41) is 5.34. The molecule has 1 heterocycles. The molecule has 0 aromatic heterocycles. The van der Waals surface area contributed by atoms with Gasteiger partial charge >= 0.3 is 0 Å². The predicted molar refractivity (Wildman–Crippen MR) is 118 cm³/mol. The molecule has 0 unspecified atom stereocenters. The summed E-state index contributed by atoms with van der Waals surface area (Å²) in [5.41, 5.74) is 1.52. The Kier molecular flexibility index (Phi) is 7.95. The quantitative estimate of drug-likeness (QED) is 0.512. The Morgan fingerprint density at radius 1 is 0.900 bits per heavy atom. The standard InChI is InChI=1S/C21H32N4O4S/c26-20(22-12-13-23-21(27)17-6-2-3-7-17)16-30(28,29)24-18-8-10-19(11-9-18)25-14-4-1-5-15-25/h8-11,17,24H,1-7,12-16H2,(H,22,26)(H,23,27). The van der Waals surface area contributed by atoms with E-state index in [4.69, 9.17) is 0 Å². The van der Waals surface area contributed by atoms with Gasteiger partial charge in [-0.15, -0.1) is 0 Å². The van der Waals surface area contributed by atoms with Gasteiger partial charge in [-0.3, -0.25) is 14.3 Å². The first-order valence-corrected chi connectivity index (χ1v) is 12.5. The zero-order chi connectivity index (χ0) is 21.4. The van der Waals surface area contributed by atoms with E-state index < -0.39 is 21.7 Å². The van der Waals surface area contributed by atoms with Crippen LogP contribution in [0.15, 0.2) is 24.3 Å². The van der Waals surface area contributed by atoms with E-state index in [1.807, 2.05) is 12.1 Å². The van der Waals surface area contributed by atoms with Crippen LogP contribution in [0.2, 0.25) is 0 Å². The Hall–Kier alpha value is -2.29. The van der Waals surface area contributed by atoms with Crippen molar-refractivity contribution in [3.63, 3.8) is 0 Å². The SMILES string of the molecule is O=C(CS(=O)(=O)Nc1ccc(N2CCCCC2)cc1)NCCNC(=O)C1CCCC1. The zero-order valence-electron chi connectivity index (χ0n) is 17.4. The lowest BCUT2D eigenvalue weighted by molar-refractivity contribution is -0.125. The molecule has 0 bridgehead atoms. The van der Waals surface area contributed by atoms with Crippen LogP contribution >= 0.6 is 0 Å². The first-order chi connectivity index (χ1) is 14.4. The molecule has 8 nitrogen and oxygen atoms in total. The average Bonchev–Trinajstić information content (AvgIpc) is 3.27. The lowest BCUT2D eigenvalue weighted by Crippen LogP contribution is -2.39. The Morgan fingerprint density at radius 3 is 2.20 bits per heavy atom. The van der Waals surface area contributed by atoms with E-state index in [0.717, 1.165) is 44.5 Å². The third-order valence-corrected chi connectivity index (χ3v) is 6.84. The smallest absolute Gasteiger partial charge is 0.241 e. The van der Waals surface area contributed by atoms with Gasteiger partial charge in [-0.2, -0.15) is 0 Å². The molecule has 0 radical (unpaired) electrons. The Bertz CT molecular complexity index is 814. The summed E-state index contributed by atoms with van der Waals surface area (Å²) in [6.45, 7) is 2.54. The topological polar surface area (TPSA) is 108 Å². The number of sulfonamides is 1. The fourth-order valence-electron chi connectivity index (χ4n) is 4.05. The van der Waals surface area contributed by atoms with Crippen LogP contribution in [0.1, 0.15) is 44.9 Å². The first-order valence-electron chi connectivity index (χ1n) is 10.8. The molecular formula is C21H32N4O4S. The van der Waals surface area contributed by atoms with Gasteiger partial charge in [0.15, 0.2) is 0 Å². The molecule has 3 rings (SSSR count). The number of anilines is 2. The summed E-state index contributed by atoms with van der Waals surface area (Å²) < 4.78 is 27.0. The van der Waals surface area contributed by atoms with Gasteiger partial charge < -0.3 is 15.5 Å². The van der Waals surface area contributed by atoms with E-state index in [1.54, 1.807) is 12.1 Å². The fraction of sp³-hybridized carbons (Fsp3) is 0.619. The maximum Gasteiger partial charge on any atom is 0.241 e. The zero-order valence-corrected chi connectivity index (χ0v) is 18.2. The van der Waals surface area contributed by atoms with Crippen LogP contribution in [0.25, 0.3) is 0 Å². The molecule has 1 saturated carbocycles. The maximum atomic E-state index is 12.3. The minimum absolute atomic E-state index is 0.0176. The highest BCUT2D eigenvalue weighted by Gasteiger charge is 2.22. The van der Waals surface area contributed by atoms with Gasteiger partial charge in [-0.05, 0) is 56.4 Å². The molecule has 2 amide bonds. The normalized spacial score (nSPS) is 17.5. The Labute approximate surface area is 178 Å². The van der Waals surface area contributed by atoms with Crippen molar-refractivity contribution in [3.05, 3.63) is 24.3 Å². The van der Waals surface area contributed by atoms with Crippen LogP contribution < -0.4 is 20.3 Å². The number of amides is 2. The predicted octanol–water partition coefficient (Wildman–Crippen LogP) is 1.84. The van der Waals surface area contributed by atoms with Gasteiger partial charge in [0.1, 0.15) is 5.75 Å². The number of nitrogens with one attached hydrogen (secondary N) is 3. The molecule has 0 spiro atoms. The van der Waals surface area contributed by atoms with Gasteiger partial charge in [-0.25, -0.2) is 8.42 Å². The van der Waals surface area contributed by atoms with E-state index in [2.05, 4.69) is 20.3 Å². The largest absolute Gasteiger partial charge is 0.372 e. The molecular weight excluding hydrogens is 404 g/mol. The van der Waals surface area contributed by atoms with Gasteiger partial charge in [0.05, 0.1) is 0 Å². The van der Waals surface area contributed by atoms with Gasteiger partial charge in [0, 0.05) is 43.5 Å². The number of piperidine rings is 1. The number of benzene rings is 1. The summed E-state index contributed by atoms with van der Waals surface area (Å²) in [4.78, 5) is 26.2. The molecule has 0 atom stereocenters. The number of nitrogens with zero attached hydrogens (tertiary/aromatic N) is 1. The minimum atomic E-state index is -3.80. The fourth-order valence-corrected chi connectivity index (χ4v) is 5.07. The van der Waals surface area contributed by atoms with E-state index in [-0.39, 0.29) is 18.4 Å². The number of rotatable bonds is 9. The molecule has 1 aromatic rings. The maximum absolute atomic E-state index is 12.3. The molecule has 1 aromatic carbocycles. The van der Waals surface area contributed by atoms with E-state index >= 15 is 0 Å². The van der Waals surface area contributed by atoms with Gasteiger partial charge in [0.25, 0.3) is 0 Å². The van der Waals surface area contributed by atoms with Crippen LogP contribution in [0.3, 0.4) is 0 Å². The van der Waals surface area contributed by atoms with Crippen molar-refractivity contribution in [2.24, 2.45) is 5.92 Å². The number of carbonyl (C=O) groups is 2. The molecule has 1 aliphatic carbocycles. The summed E-state index contributed by atoms with van der Waals surface area (Å²) in [5.74, 6) is -1.16. The minimum Gasteiger partial charge on any atom is -0.372 e. The molecule has 166 valence electrons. The lowest BCUT2D eigenvalue weighted by atomic mass is 10.1. The molecule has 1 saturated heterocycles. The van der Waals surface area contributed by atoms with Crippen molar-refractivity contribution in [1.82, 2.24) is 10.6 Å². The van der Waals surface area contributed by atoms with Crippen LogP contribution in [0.4, 0.5) is 11.4 Å². The Morgan fingerprint density at radius 2 is 1.53 bits per heavy atom. The van der Waals surface area contributed by atoms with E-state index in [1.165, 1.54) is 19.3 Å². The van der Waals surface area contributed by atoms with Crippen molar-refractivity contribution in [2.75, 3.05) is 41.6 Å². The van der Waals surface area contributed by atoms with Gasteiger partial charge in [0.2, 0.25) is 21.8 Å². The van der Waals surface area contributed by atoms with Crippen LogP contribution in [0.5, 0.6) is 0 Å². The second-order valence-corrected chi connectivity index (χ2v) is 9.80. The summed E-state index contributed by atoms with van der Waals surface area (Å²) >= 11 is 0. The number of carbonyl (C=O) groups excluding carboxylic acids is 2. The third kappa shape index (κ3) is 6.90. The summed E-state index contributed by atoms with van der Waals surface area (Å²) in [7, 11) is -3.80. The lowest BCUT2D eigenvalue weighted by Gasteiger charge is -2.28. The second-order valence-electron chi connectivity index (χ2n) is 8.08. The molecule has 30 heavy (non-hydrogen) atoms.